The number of hydrogen-bond donors (Lipinski definition) is 3. The number of halogens is 3. The molecule has 0 aromatic carbocycles. The Morgan fingerprint density at radius 2 is 1.88 bits per heavy atom. The number of carboxylic acids is 1. The molecule has 0 rings (SSSR count). The number of carboxylic acid groups (broad SMARTS) is 1. The molecule has 0 saturated heterocycles. The van der Waals surface area contributed by atoms with E-state index >= 15 is 0 Å². The summed E-state index contributed by atoms with van der Waals surface area (Å²) in [5, 5.41) is 8.40. The summed E-state index contributed by atoms with van der Waals surface area (Å²) in [5.41, 5.74) is 0. The van der Waals surface area contributed by atoms with Crippen molar-refractivity contribution in [3.8, 4) is 0 Å². The van der Waals surface area contributed by atoms with E-state index in [4.69, 9.17) is 5.11 Å². The number of nitrogens with one attached hydrogen (secondary N) is 2. The molecule has 0 aromatic rings. The summed E-state index contributed by atoms with van der Waals surface area (Å²) in [7, 11) is -4.33. The minimum atomic E-state index is -4.66. The van der Waals surface area contributed by atoms with Crippen molar-refractivity contribution < 1.29 is 31.5 Å². The van der Waals surface area contributed by atoms with Crippen LogP contribution in [0.1, 0.15) is 6.92 Å². The predicted octanol–water partition coefficient (Wildman–Crippen LogP) is -0.307. The molecule has 6 nitrogen and oxygen atoms in total. The molecule has 16 heavy (non-hydrogen) atoms. The van der Waals surface area contributed by atoms with Crippen molar-refractivity contribution >= 4 is 16.2 Å². The van der Waals surface area contributed by atoms with Gasteiger partial charge >= 0.3 is 12.1 Å². The molecule has 0 bridgehead atoms. The number of aliphatic carboxylic acids is 1. The van der Waals surface area contributed by atoms with Crippen molar-refractivity contribution in [1.29, 1.82) is 0 Å². The minimum Gasteiger partial charge on any atom is -0.481 e. The Labute approximate surface area is 90.0 Å². The molecule has 96 valence electrons. The summed E-state index contributed by atoms with van der Waals surface area (Å²) in [4.78, 5) is 10.3. The summed E-state index contributed by atoms with van der Waals surface area (Å²) in [6.07, 6.45) is -4.66. The van der Waals surface area contributed by atoms with Gasteiger partial charge < -0.3 is 5.11 Å². The van der Waals surface area contributed by atoms with Crippen LogP contribution in [0.4, 0.5) is 13.2 Å². The lowest BCUT2D eigenvalue weighted by molar-refractivity contribution is -0.140. The zero-order valence-corrected chi connectivity index (χ0v) is 9.02. The van der Waals surface area contributed by atoms with E-state index in [9.17, 15) is 26.4 Å². The highest BCUT2D eigenvalue weighted by atomic mass is 32.2. The predicted molar refractivity (Wildman–Crippen MR) is 47.8 cm³/mol. The van der Waals surface area contributed by atoms with Gasteiger partial charge in [0.05, 0.1) is 5.92 Å². The van der Waals surface area contributed by atoms with Crippen LogP contribution >= 0.6 is 0 Å². The minimum absolute atomic E-state index is 0.484. The van der Waals surface area contributed by atoms with Gasteiger partial charge in [0.1, 0.15) is 6.54 Å². The average Bonchev–Trinajstić information content (AvgIpc) is 2.10. The van der Waals surface area contributed by atoms with E-state index in [0.29, 0.717) is 0 Å². The smallest absolute Gasteiger partial charge is 0.402 e. The fourth-order valence-electron chi connectivity index (χ4n) is 0.550. The quantitative estimate of drug-likeness (QED) is 0.613. The van der Waals surface area contributed by atoms with Gasteiger partial charge in [-0.25, -0.2) is 4.72 Å². The molecule has 0 amide bonds. The Kier molecular flexibility index (Phi) is 5.16. The molecule has 0 spiro atoms. The van der Waals surface area contributed by atoms with Gasteiger partial charge in [0.2, 0.25) is 0 Å². The summed E-state index contributed by atoms with van der Waals surface area (Å²) < 4.78 is 59.7. The maximum atomic E-state index is 11.7. The molecule has 0 aliphatic heterocycles. The van der Waals surface area contributed by atoms with Crippen LogP contribution in [0.2, 0.25) is 0 Å². The molecule has 0 aliphatic carbocycles. The highest BCUT2D eigenvalue weighted by Gasteiger charge is 2.29. The Bertz CT molecular complexity index is 340. The zero-order chi connectivity index (χ0) is 13.0. The Balaban J connectivity index is 4.12. The third-order valence-electron chi connectivity index (χ3n) is 1.46. The van der Waals surface area contributed by atoms with E-state index in [1.165, 1.54) is 11.6 Å². The molecular formula is C6H11F3N2O4S. The molecule has 1 unspecified atom stereocenters. The highest BCUT2D eigenvalue weighted by molar-refractivity contribution is 7.87. The summed E-state index contributed by atoms with van der Waals surface area (Å²) in [6.45, 7) is -0.971. The fraction of sp³-hybridized carbons (Fsp3) is 0.833. The van der Waals surface area contributed by atoms with Crippen molar-refractivity contribution in [2.24, 2.45) is 5.92 Å². The highest BCUT2D eigenvalue weighted by Crippen LogP contribution is 2.12. The maximum absolute atomic E-state index is 11.7. The third kappa shape index (κ3) is 7.43. The largest absolute Gasteiger partial charge is 0.481 e. The van der Waals surface area contributed by atoms with Crippen LogP contribution in [-0.4, -0.2) is 38.8 Å². The number of rotatable bonds is 6. The van der Waals surface area contributed by atoms with Gasteiger partial charge in [0.15, 0.2) is 0 Å². The first-order chi connectivity index (χ1) is 7.03. The second-order valence-electron chi connectivity index (χ2n) is 3.03. The van der Waals surface area contributed by atoms with Crippen LogP contribution in [0, 0.1) is 5.92 Å². The van der Waals surface area contributed by atoms with E-state index in [2.05, 4.69) is 0 Å². The van der Waals surface area contributed by atoms with Crippen molar-refractivity contribution in [3.05, 3.63) is 0 Å². The van der Waals surface area contributed by atoms with Crippen molar-refractivity contribution in [2.75, 3.05) is 13.1 Å². The molecule has 0 aromatic heterocycles. The van der Waals surface area contributed by atoms with Crippen molar-refractivity contribution in [1.82, 2.24) is 9.44 Å². The first-order valence-corrected chi connectivity index (χ1v) is 5.55. The van der Waals surface area contributed by atoms with Crippen LogP contribution in [0.15, 0.2) is 0 Å². The Morgan fingerprint density at radius 3 is 2.25 bits per heavy atom. The second-order valence-corrected chi connectivity index (χ2v) is 4.61. The van der Waals surface area contributed by atoms with Gasteiger partial charge in [-0.1, -0.05) is 6.92 Å². The molecule has 10 heteroatoms. The number of carbonyl (C=O) groups is 1. The standard InChI is InChI=1S/C6H11F3N2O4S/c1-4(5(12)13)2-10-16(14,15)11-3-6(7,8)9/h4,10-11H,2-3H2,1H3,(H,12,13). The van der Waals surface area contributed by atoms with E-state index in [0.717, 1.165) is 0 Å². The Morgan fingerprint density at radius 1 is 1.38 bits per heavy atom. The summed E-state index contributed by atoms with van der Waals surface area (Å²) >= 11 is 0. The van der Waals surface area contributed by atoms with Gasteiger partial charge in [0, 0.05) is 6.54 Å². The zero-order valence-electron chi connectivity index (χ0n) is 8.21. The van der Waals surface area contributed by atoms with Crippen LogP contribution in [0.25, 0.3) is 0 Å². The molecular weight excluding hydrogens is 253 g/mol. The topological polar surface area (TPSA) is 95.5 Å². The first kappa shape index (κ1) is 15.1. The average molecular weight is 264 g/mol. The maximum Gasteiger partial charge on any atom is 0.402 e. The van der Waals surface area contributed by atoms with Crippen molar-refractivity contribution in [3.63, 3.8) is 0 Å². The van der Waals surface area contributed by atoms with Gasteiger partial charge in [0.25, 0.3) is 10.2 Å². The van der Waals surface area contributed by atoms with E-state index < -0.39 is 41.4 Å². The Hall–Kier alpha value is -0.870. The summed E-state index contributed by atoms with van der Waals surface area (Å²) in [6, 6.07) is 0. The van der Waals surface area contributed by atoms with Crippen LogP contribution in [0.5, 0.6) is 0 Å². The number of alkyl halides is 3. The molecule has 0 heterocycles. The lowest BCUT2D eigenvalue weighted by Gasteiger charge is -2.11. The third-order valence-corrected chi connectivity index (χ3v) is 2.53. The summed E-state index contributed by atoms with van der Waals surface area (Å²) in [5.74, 6) is -2.28. The molecule has 0 radical (unpaired) electrons. The second kappa shape index (κ2) is 5.46. The van der Waals surface area contributed by atoms with Gasteiger partial charge in [-0.2, -0.15) is 26.3 Å². The lowest BCUT2D eigenvalue weighted by Crippen LogP contribution is -2.43. The fourth-order valence-corrected chi connectivity index (χ4v) is 1.48. The molecule has 0 fully saturated rings. The molecule has 3 N–H and O–H groups in total. The number of hydrogen-bond acceptors (Lipinski definition) is 3. The molecule has 0 aliphatic rings. The lowest BCUT2D eigenvalue weighted by atomic mass is 10.2. The van der Waals surface area contributed by atoms with Crippen LogP contribution < -0.4 is 9.44 Å². The first-order valence-electron chi connectivity index (χ1n) is 4.07. The van der Waals surface area contributed by atoms with Gasteiger partial charge in [-0.05, 0) is 0 Å². The SMILES string of the molecule is CC(CNS(=O)(=O)NCC(F)(F)F)C(=O)O. The van der Waals surface area contributed by atoms with E-state index in [1.54, 1.807) is 4.72 Å². The van der Waals surface area contributed by atoms with Crippen LogP contribution in [0.3, 0.4) is 0 Å². The normalized spacial score (nSPS) is 14.8. The molecule has 1 atom stereocenters. The monoisotopic (exact) mass is 264 g/mol. The van der Waals surface area contributed by atoms with Crippen LogP contribution in [-0.2, 0) is 15.0 Å². The van der Waals surface area contributed by atoms with Gasteiger partial charge in [-0.3, -0.25) is 4.79 Å². The van der Waals surface area contributed by atoms with Gasteiger partial charge in [-0.15, -0.1) is 0 Å². The van der Waals surface area contributed by atoms with E-state index in [1.807, 2.05) is 0 Å². The molecule has 0 saturated carbocycles. The van der Waals surface area contributed by atoms with Crippen molar-refractivity contribution in [2.45, 2.75) is 13.1 Å². The van der Waals surface area contributed by atoms with E-state index in [-0.39, 0.29) is 0 Å².